The molecule has 0 aliphatic carbocycles. The maximum absolute atomic E-state index is 10.4. The Morgan fingerprint density at radius 3 is 2.76 bits per heavy atom. The van der Waals surface area contributed by atoms with Crippen LogP contribution < -0.4 is 5.32 Å². The highest BCUT2D eigenvalue weighted by atomic mass is 16.6. The lowest BCUT2D eigenvalue weighted by molar-refractivity contribution is -0.384. The van der Waals surface area contributed by atoms with E-state index in [1.807, 2.05) is 24.4 Å². The van der Waals surface area contributed by atoms with E-state index in [1.54, 1.807) is 12.1 Å². The second-order valence-corrected chi connectivity index (χ2v) is 4.84. The monoisotopic (exact) mass is 281 g/mol. The number of rotatable bonds is 1. The van der Waals surface area contributed by atoms with Gasteiger partial charge in [0.1, 0.15) is 0 Å². The van der Waals surface area contributed by atoms with Crippen LogP contribution in [-0.2, 0) is 6.42 Å². The van der Waals surface area contributed by atoms with Crippen LogP contribution in [0.3, 0.4) is 0 Å². The van der Waals surface area contributed by atoms with E-state index in [9.17, 15) is 10.1 Å². The van der Waals surface area contributed by atoms with Gasteiger partial charge >= 0.3 is 0 Å². The van der Waals surface area contributed by atoms with Gasteiger partial charge in [0.05, 0.1) is 4.92 Å². The molecule has 21 heavy (non-hydrogen) atoms. The average Bonchev–Trinajstić information content (AvgIpc) is 3.15. The molecular formula is C16H15N3O2. The normalized spacial score (nSPS) is 12.2. The van der Waals surface area contributed by atoms with Gasteiger partial charge < -0.3 is 10.3 Å². The van der Waals surface area contributed by atoms with Crippen LogP contribution in [0.5, 0.6) is 0 Å². The van der Waals surface area contributed by atoms with Crippen molar-refractivity contribution in [1.29, 1.82) is 0 Å². The number of fused-ring (bicyclic) bond motifs is 2. The van der Waals surface area contributed by atoms with Crippen LogP contribution in [0.2, 0.25) is 0 Å². The summed E-state index contributed by atoms with van der Waals surface area (Å²) in [7, 11) is 0. The van der Waals surface area contributed by atoms with Crippen molar-refractivity contribution < 1.29 is 4.92 Å². The number of para-hydroxylation sites is 1. The molecule has 0 atom stereocenters. The number of aromatic nitrogens is 1. The third-order valence-electron chi connectivity index (χ3n) is 3.48. The van der Waals surface area contributed by atoms with Gasteiger partial charge in [-0.2, -0.15) is 0 Å². The van der Waals surface area contributed by atoms with Gasteiger partial charge in [0.15, 0.2) is 0 Å². The second-order valence-electron chi connectivity index (χ2n) is 4.84. The molecule has 2 aromatic carbocycles. The molecule has 0 bridgehead atoms. The van der Waals surface area contributed by atoms with Crippen LogP contribution >= 0.6 is 0 Å². The molecule has 0 amide bonds. The van der Waals surface area contributed by atoms with Crippen LogP contribution in [0.25, 0.3) is 10.9 Å². The Hall–Kier alpha value is -2.82. The smallest absolute Gasteiger partial charge is 0.271 e. The molecule has 1 aromatic heterocycles. The van der Waals surface area contributed by atoms with E-state index in [-0.39, 0.29) is 10.6 Å². The van der Waals surface area contributed by atoms with Crippen molar-refractivity contribution >= 4 is 22.3 Å². The summed E-state index contributed by atoms with van der Waals surface area (Å²) < 4.78 is 0. The van der Waals surface area contributed by atoms with E-state index in [0.717, 1.165) is 18.7 Å². The van der Waals surface area contributed by atoms with Crippen LogP contribution in [-0.4, -0.2) is 16.5 Å². The molecule has 0 radical (unpaired) electrons. The van der Waals surface area contributed by atoms with Crippen LogP contribution in [0, 0.1) is 10.1 Å². The number of hydrogen-bond donors (Lipinski definition) is 2. The predicted octanol–water partition coefficient (Wildman–Crippen LogP) is 3.73. The Morgan fingerprint density at radius 2 is 1.95 bits per heavy atom. The van der Waals surface area contributed by atoms with E-state index >= 15 is 0 Å². The Balaban J connectivity index is 0.000000131. The Kier molecular flexibility index (Phi) is 3.55. The number of H-pyrrole nitrogens is 1. The largest absolute Gasteiger partial charge is 0.384 e. The fourth-order valence-electron chi connectivity index (χ4n) is 2.39. The highest BCUT2D eigenvalue weighted by Crippen LogP contribution is 2.26. The highest BCUT2D eigenvalue weighted by molar-refractivity contribution is 5.78. The van der Waals surface area contributed by atoms with Crippen molar-refractivity contribution in [2.45, 2.75) is 6.42 Å². The summed E-state index contributed by atoms with van der Waals surface area (Å²) in [4.78, 5) is 13.1. The number of nitrogens with zero attached hydrogens (tertiary/aromatic N) is 1. The molecule has 0 unspecified atom stereocenters. The molecule has 0 saturated heterocycles. The molecule has 0 saturated carbocycles. The minimum atomic E-state index is -0.375. The van der Waals surface area contributed by atoms with Crippen LogP contribution in [0.15, 0.2) is 54.7 Å². The van der Waals surface area contributed by atoms with E-state index in [2.05, 4.69) is 28.5 Å². The molecule has 2 N–H and O–H groups in total. The summed E-state index contributed by atoms with van der Waals surface area (Å²) in [6, 6.07) is 15.2. The number of aromatic amines is 1. The van der Waals surface area contributed by atoms with Gasteiger partial charge in [0, 0.05) is 36.1 Å². The molecule has 3 aromatic rings. The van der Waals surface area contributed by atoms with Gasteiger partial charge in [-0.1, -0.05) is 24.3 Å². The standard InChI is InChI=1S/C8H8N2O2.C8H7N/c11-10(12)7-2-1-6-3-4-9-8(6)5-7;1-2-4-8-7(3-1)5-6-9-8/h1-2,5,9H,3-4H2;1-6,9H. The third kappa shape index (κ3) is 2.86. The van der Waals surface area contributed by atoms with Crippen molar-refractivity contribution in [2.24, 2.45) is 0 Å². The molecule has 106 valence electrons. The first-order chi connectivity index (χ1) is 10.2. The zero-order chi connectivity index (χ0) is 14.7. The summed E-state index contributed by atoms with van der Waals surface area (Å²) >= 11 is 0. The first-order valence-corrected chi connectivity index (χ1v) is 6.77. The summed E-state index contributed by atoms with van der Waals surface area (Å²) in [5.74, 6) is 0. The molecule has 5 heteroatoms. The number of anilines is 1. The Bertz CT molecular complexity index is 750. The maximum Gasteiger partial charge on any atom is 0.271 e. The van der Waals surface area contributed by atoms with Gasteiger partial charge in [-0.15, -0.1) is 0 Å². The lowest BCUT2D eigenvalue weighted by Crippen LogP contribution is -1.92. The fraction of sp³-hybridized carbons (Fsp3) is 0.125. The summed E-state index contributed by atoms with van der Waals surface area (Å²) in [5, 5.41) is 14.7. The molecule has 2 heterocycles. The van der Waals surface area contributed by atoms with Gasteiger partial charge in [0.25, 0.3) is 5.69 Å². The molecule has 4 rings (SSSR count). The highest BCUT2D eigenvalue weighted by Gasteiger charge is 2.13. The number of non-ortho nitro benzene ring substituents is 1. The number of nitro benzene ring substituents is 1. The van der Waals surface area contributed by atoms with E-state index < -0.39 is 0 Å². The van der Waals surface area contributed by atoms with Crippen LogP contribution in [0.1, 0.15) is 5.56 Å². The van der Waals surface area contributed by atoms with Crippen molar-refractivity contribution in [1.82, 2.24) is 4.98 Å². The molecule has 1 aliphatic heterocycles. The van der Waals surface area contributed by atoms with Gasteiger partial charge in [-0.05, 0) is 29.5 Å². The first-order valence-electron chi connectivity index (χ1n) is 6.77. The number of benzene rings is 2. The Labute approximate surface area is 121 Å². The van der Waals surface area contributed by atoms with Crippen molar-refractivity contribution in [3.05, 3.63) is 70.4 Å². The van der Waals surface area contributed by atoms with E-state index in [0.29, 0.717) is 0 Å². The van der Waals surface area contributed by atoms with E-state index in [1.165, 1.54) is 16.5 Å². The number of nitro groups is 1. The summed E-state index contributed by atoms with van der Waals surface area (Å²) in [6.45, 7) is 0.885. The second kappa shape index (κ2) is 5.66. The third-order valence-corrected chi connectivity index (χ3v) is 3.48. The number of hydrogen-bond acceptors (Lipinski definition) is 3. The predicted molar refractivity (Wildman–Crippen MR) is 83.6 cm³/mol. The zero-order valence-electron chi connectivity index (χ0n) is 11.4. The number of nitrogens with one attached hydrogen (secondary N) is 2. The molecular weight excluding hydrogens is 266 g/mol. The summed E-state index contributed by atoms with van der Waals surface area (Å²) in [6.07, 6.45) is 2.91. The Morgan fingerprint density at radius 1 is 1.10 bits per heavy atom. The van der Waals surface area contributed by atoms with Gasteiger partial charge in [-0.3, -0.25) is 10.1 Å². The van der Waals surface area contributed by atoms with Crippen molar-refractivity contribution in [2.75, 3.05) is 11.9 Å². The van der Waals surface area contributed by atoms with Gasteiger partial charge in [0.2, 0.25) is 0 Å². The fourth-order valence-corrected chi connectivity index (χ4v) is 2.39. The maximum atomic E-state index is 10.4. The van der Waals surface area contributed by atoms with E-state index in [4.69, 9.17) is 0 Å². The van der Waals surface area contributed by atoms with Gasteiger partial charge in [-0.25, -0.2) is 0 Å². The molecule has 0 spiro atoms. The van der Waals surface area contributed by atoms with Crippen molar-refractivity contribution in [3.63, 3.8) is 0 Å². The SMILES string of the molecule is O=[N+]([O-])c1ccc2c(c1)NCC2.c1ccc2[nH]ccc2c1. The minimum absolute atomic E-state index is 0.156. The molecule has 5 nitrogen and oxygen atoms in total. The minimum Gasteiger partial charge on any atom is -0.384 e. The zero-order valence-corrected chi connectivity index (χ0v) is 11.4. The first kappa shape index (κ1) is 13.2. The lowest BCUT2D eigenvalue weighted by atomic mass is 10.1. The molecule has 0 fully saturated rings. The molecule has 1 aliphatic rings. The quantitative estimate of drug-likeness (QED) is 0.527. The topological polar surface area (TPSA) is 71.0 Å². The van der Waals surface area contributed by atoms with Crippen LogP contribution in [0.4, 0.5) is 11.4 Å². The average molecular weight is 281 g/mol. The lowest BCUT2D eigenvalue weighted by Gasteiger charge is -1.97. The van der Waals surface area contributed by atoms with Crippen molar-refractivity contribution in [3.8, 4) is 0 Å². The summed E-state index contributed by atoms with van der Waals surface area (Å²) in [5.41, 5.74) is 3.44.